The van der Waals surface area contributed by atoms with Crippen molar-refractivity contribution in [2.75, 3.05) is 32.2 Å². The summed E-state index contributed by atoms with van der Waals surface area (Å²) in [7, 11) is -1.02. The minimum absolute atomic E-state index is 0.0220. The Labute approximate surface area is 153 Å². The van der Waals surface area contributed by atoms with Crippen molar-refractivity contribution in [3.63, 3.8) is 0 Å². The van der Waals surface area contributed by atoms with Gasteiger partial charge in [-0.2, -0.15) is 0 Å². The summed E-state index contributed by atoms with van der Waals surface area (Å²) in [4.78, 5) is -0.0220. The molecule has 0 saturated carbocycles. The van der Waals surface area contributed by atoms with E-state index in [9.17, 15) is 8.42 Å². The quantitative estimate of drug-likeness (QED) is 0.718. The van der Waals surface area contributed by atoms with Crippen LogP contribution in [0.4, 0.5) is 5.69 Å². The maximum absolute atomic E-state index is 12.8. The molecule has 0 radical (unpaired) electrons. The lowest BCUT2D eigenvalue weighted by Crippen LogP contribution is -2.14. The Morgan fingerprint density at radius 3 is 2.12 bits per heavy atom. The number of hydrogen-bond donors (Lipinski definition) is 1. The molecule has 0 heterocycles. The molecule has 142 valence electrons. The molecule has 1 N–H and O–H groups in total. The molecule has 2 aromatic carbocycles. The van der Waals surface area contributed by atoms with Crippen LogP contribution in [0.15, 0.2) is 41.3 Å². The van der Waals surface area contributed by atoms with Crippen LogP contribution < -0.4 is 23.7 Å². The summed E-state index contributed by atoms with van der Waals surface area (Å²) in [5, 5.41) is 0. The molecular formula is C18H23NO6S. The summed E-state index contributed by atoms with van der Waals surface area (Å²) in [6, 6.07) is 9.42. The number of ether oxygens (including phenoxy) is 4. The first-order valence-corrected chi connectivity index (χ1v) is 9.58. The minimum Gasteiger partial charge on any atom is -0.497 e. The van der Waals surface area contributed by atoms with Gasteiger partial charge in [-0.15, -0.1) is 0 Å². The molecule has 0 bridgehead atoms. The SMILES string of the molecule is CCOc1ccc(NS(=O)(=O)c2cc(OC)ccc2OC)cc1OCC. The minimum atomic E-state index is -3.90. The maximum atomic E-state index is 12.8. The van der Waals surface area contributed by atoms with Crippen LogP contribution in [-0.4, -0.2) is 35.9 Å². The fourth-order valence-electron chi connectivity index (χ4n) is 2.32. The van der Waals surface area contributed by atoms with Gasteiger partial charge in [-0.3, -0.25) is 4.72 Å². The van der Waals surface area contributed by atoms with Gasteiger partial charge in [-0.05, 0) is 38.1 Å². The van der Waals surface area contributed by atoms with Crippen molar-refractivity contribution in [1.82, 2.24) is 0 Å². The highest BCUT2D eigenvalue weighted by atomic mass is 32.2. The van der Waals surface area contributed by atoms with Crippen LogP contribution in [0.1, 0.15) is 13.8 Å². The molecule has 0 aliphatic rings. The first-order chi connectivity index (χ1) is 12.4. The van der Waals surface area contributed by atoms with Crippen molar-refractivity contribution in [2.45, 2.75) is 18.7 Å². The van der Waals surface area contributed by atoms with Crippen LogP contribution in [0.3, 0.4) is 0 Å². The fraction of sp³-hybridized carbons (Fsp3) is 0.333. The Morgan fingerprint density at radius 2 is 1.50 bits per heavy atom. The largest absolute Gasteiger partial charge is 0.497 e. The van der Waals surface area contributed by atoms with Gasteiger partial charge in [-0.1, -0.05) is 0 Å². The zero-order valence-corrected chi connectivity index (χ0v) is 16.1. The highest BCUT2D eigenvalue weighted by molar-refractivity contribution is 7.92. The Kier molecular flexibility index (Phi) is 6.57. The Bertz CT molecular complexity index is 851. The molecule has 0 fully saturated rings. The summed E-state index contributed by atoms with van der Waals surface area (Å²) in [5.41, 5.74) is 0.349. The molecule has 26 heavy (non-hydrogen) atoms. The molecule has 0 spiro atoms. The molecule has 7 nitrogen and oxygen atoms in total. The molecule has 2 aromatic rings. The van der Waals surface area contributed by atoms with Gasteiger partial charge >= 0.3 is 0 Å². The molecule has 0 atom stereocenters. The van der Waals surface area contributed by atoms with Crippen molar-refractivity contribution in [3.8, 4) is 23.0 Å². The molecule has 0 aromatic heterocycles. The number of sulfonamides is 1. The van der Waals surface area contributed by atoms with Gasteiger partial charge in [0, 0.05) is 12.1 Å². The highest BCUT2D eigenvalue weighted by Crippen LogP contribution is 2.33. The third-order valence-electron chi connectivity index (χ3n) is 3.46. The lowest BCUT2D eigenvalue weighted by atomic mass is 10.3. The summed E-state index contributed by atoms with van der Waals surface area (Å²) < 4.78 is 49.4. The van der Waals surface area contributed by atoms with Gasteiger partial charge < -0.3 is 18.9 Å². The van der Waals surface area contributed by atoms with E-state index in [-0.39, 0.29) is 10.6 Å². The van der Waals surface area contributed by atoms with Crippen LogP contribution in [0.5, 0.6) is 23.0 Å². The van der Waals surface area contributed by atoms with Crippen LogP contribution in [0.2, 0.25) is 0 Å². The molecule has 2 rings (SSSR count). The molecule has 0 aliphatic carbocycles. The molecule has 8 heteroatoms. The summed E-state index contributed by atoms with van der Waals surface area (Å²) in [6.07, 6.45) is 0. The van der Waals surface area contributed by atoms with Gasteiger partial charge in [0.15, 0.2) is 11.5 Å². The average Bonchev–Trinajstić information content (AvgIpc) is 2.63. The number of rotatable bonds is 9. The van der Waals surface area contributed by atoms with Crippen LogP contribution in [-0.2, 0) is 10.0 Å². The van der Waals surface area contributed by atoms with E-state index in [2.05, 4.69) is 4.72 Å². The number of anilines is 1. The molecular weight excluding hydrogens is 358 g/mol. The lowest BCUT2D eigenvalue weighted by Gasteiger charge is -2.15. The Balaban J connectivity index is 2.39. The third-order valence-corrected chi connectivity index (χ3v) is 4.86. The first kappa shape index (κ1) is 19.7. The summed E-state index contributed by atoms with van der Waals surface area (Å²) in [6.45, 7) is 4.61. The molecule has 0 amide bonds. The predicted octanol–water partition coefficient (Wildman–Crippen LogP) is 3.30. The van der Waals surface area contributed by atoms with E-state index in [4.69, 9.17) is 18.9 Å². The third kappa shape index (κ3) is 4.51. The van der Waals surface area contributed by atoms with Gasteiger partial charge in [0.1, 0.15) is 16.4 Å². The second-order valence-electron chi connectivity index (χ2n) is 5.15. The highest BCUT2D eigenvalue weighted by Gasteiger charge is 2.21. The fourth-order valence-corrected chi connectivity index (χ4v) is 3.55. The smallest absolute Gasteiger partial charge is 0.265 e. The van der Waals surface area contributed by atoms with Crippen LogP contribution >= 0.6 is 0 Å². The van der Waals surface area contributed by atoms with Gasteiger partial charge in [0.25, 0.3) is 10.0 Å². The normalized spacial score (nSPS) is 10.9. The number of hydrogen-bond acceptors (Lipinski definition) is 6. The average molecular weight is 381 g/mol. The predicted molar refractivity (Wildman–Crippen MR) is 99.1 cm³/mol. The second kappa shape index (κ2) is 8.66. The lowest BCUT2D eigenvalue weighted by molar-refractivity contribution is 0.288. The zero-order valence-electron chi connectivity index (χ0n) is 15.2. The van der Waals surface area contributed by atoms with E-state index in [0.717, 1.165) is 0 Å². The molecule has 0 saturated heterocycles. The molecule has 0 aliphatic heterocycles. The van der Waals surface area contributed by atoms with Gasteiger partial charge in [0.2, 0.25) is 0 Å². The zero-order chi connectivity index (χ0) is 19.2. The van der Waals surface area contributed by atoms with Crippen LogP contribution in [0.25, 0.3) is 0 Å². The molecule has 0 unspecified atom stereocenters. The summed E-state index contributed by atoms with van der Waals surface area (Å²) in [5.74, 6) is 1.64. The van der Waals surface area contributed by atoms with Crippen LogP contribution in [0, 0.1) is 0 Å². The van der Waals surface area contributed by atoms with Gasteiger partial charge in [0.05, 0.1) is 33.1 Å². The van der Waals surface area contributed by atoms with E-state index in [1.807, 2.05) is 13.8 Å². The maximum Gasteiger partial charge on any atom is 0.265 e. The van der Waals surface area contributed by atoms with Crippen molar-refractivity contribution < 1.29 is 27.4 Å². The second-order valence-corrected chi connectivity index (χ2v) is 6.80. The monoisotopic (exact) mass is 381 g/mol. The summed E-state index contributed by atoms with van der Waals surface area (Å²) >= 11 is 0. The topological polar surface area (TPSA) is 83.1 Å². The Morgan fingerprint density at radius 1 is 0.846 bits per heavy atom. The number of benzene rings is 2. The van der Waals surface area contributed by atoms with Gasteiger partial charge in [-0.25, -0.2) is 8.42 Å². The van der Waals surface area contributed by atoms with Crippen molar-refractivity contribution in [2.24, 2.45) is 0 Å². The van der Waals surface area contributed by atoms with E-state index in [0.29, 0.717) is 36.1 Å². The van der Waals surface area contributed by atoms with E-state index < -0.39 is 10.0 Å². The van der Waals surface area contributed by atoms with Crippen molar-refractivity contribution in [3.05, 3.63) is 36.4 Å². The van der Waals surface area contributed by atoms with Crippen molar-refractivity contribution in [1.29, 1.82) is 0 Å². The standard InChI is InChI=1S/C18H23NO6S/c1-5-24-15-9-7-13(11-17(15)25-6-2)19-26(20,21)18-12-14(22-3)8-10-16(18)23-4/h7-12,19H,5-6H2,1-4H3. The number of methoxy groups -OCH3 is 2. The van der Waals surface area contributed by atoms with E-state index in [1.165, 1.54) is 26.4 Å². The van der Waals surface area contributed by atoms with E-state index in [1.54, 1.807) is 24.3 Å². The van der Waals surface area contributed by atoms with E-state index >= 15 is 0 Å². The first-order valence-electron chi connectivity index (χ1n) is 8.09. The Hall–Kier alpha value is -2.61. The number of nitrogens with one attached hydrogen (secondary N) is 1. The van der Waals surface area contributed by atoms with Crippen molar-refractivity contribution >= 4 is 15.7 Å².